The second kappa shape index (κ2) is 7.32. The van der Waals surface area contributed by atoms with Crippen LogP contribution in [0.2, 0.25) is 0 Å². The Kier molecular flexibility index (Phi) is 4.73. The van der Waals surface area contributed by atoms with Crippen molar-refractivity contribution >= 4 is 17.0 Å². The zero-order chi connectivity index (χ0) is 18.8. The number of anilines is 2. The van der Waals surface area contributed by atoms with Crippen molar-refractivity contribution < 1.29 is 5.11 Å². The summed E-state index contributed by atoms with van der Waals surface area (Å²) >= 11 is 0. The molecule has 1 aliphatic heterocycles. The molecule has 8 heteroatoms. The second-order valence-corrected chi connectivity index (χ2v) is 6.82. The molecule has 0 aliphatic carbocycles. The Morgan fingerprint density at radius 3 is 3.07 bits per heavy atom. The Bertz CT molecular complexity index is 993. The lowest BCUT2D eigenvalue weighted by molar-refractivity contribution is 0.0501. The maximum absolute atomic E-state index is 10.1. The standard InChI is InChI=1S/C19H21N7O/c20-9-13-2-1-3-15(8-13)24-19-18-14(4-7-26(18)23-12-22-19)10-25-6-5-16(21)17(27)11-25/h1-4,7-8,12,16-17,27H,5-6,10-11,21H2,(H,22,23,24)/t16-,17-/m1/s1. The quantitative estimate of drug-likeness (QED) is 0.639. The molecule has 4 rings (SSSR count). The first-order chi connectivity index (χ1) is 13.1. The number of aliphatic hydroxyl groups excluding tert-OH is 1. The first-order valence-electron chi connectivity index (χ1n) is 8.88. The number of rotatable bonds is 4. The first-order valence-corrected chi connectivity index (χ1v) is 8.88. The van der Waals surface area contributed by atoms with Gasteiger partial charge in [-0.05, 0) is 36.2 Å². The number of aromatic nitrogens is 3. The maximum atomic E-state index is 10.1. The molecule has 2 aromatic heterocycles. The number of benzene rings is 1. The highest BCUT2D eigenvalue weighted by molar-refractivity contribution is 5.76. The minimum absolute atomic E-state index is 0.153. The van der Waals surface area contributed by atoms with Crippen molar-refractivity contribution in [3.63, 3.8) is 0 Å². The highest BCUT2D eigenvalue weighted by Gasteiger charge is 2.25. The molecule has 8 nitrogen and oxygen atoms in total. The van der Waals surface area contributed by atoms with Crippen LogP contribution in [0.25, 0.3) is 5.52 Å². The van der Waals surface area contributed by atoms with Crippen LogP contribution in [0.3, 0.4) is 0 Å². The van der Waals surface area contributed by atoms with E-state index < -0.39 is 6.10 Å². The molecular weight excluding hydrogens is 342 g/mol. The van der Waals surface area contributed by atoms with Gasteiger partial charge in [0.05, 0.1) is 17.7 Å². The van der Waals surface area contributed by atoms with Gasteiger partial charge in [-0.1, -0.05) is 6.07 Å². The number of fused-ring (bicyclic) bond motifs is 1. The van der Waals surface area contributed by atoms with Crippen molar-refractivity contribution in [1.82, 2.24) is 19.5 Å². The molecule has 0 spiro atoms. The van der Waals surface area contributed by atoms with Gasteiger partial charge < -0.3 is 16.2 Å². The fraction of sp³-hybridized carbons (Fsp3) is 0.316. The SMILES string of the molecule is N#Cc1cccc(Nc2ncnn3ccc(CN4CC[C@@H](N)[C@H](O)C4)c23)c1. The summed E-state index contributed by atoms with van der Waals surface area (Å²) in [6, 6.07) is 11.3. The summed E-state index contributed by atoms with van der Waals surface area (Å²) in [7, 11) is 0. The Morgan fingerprint density at radius 2 is 2.26 bits per heavy atom. The topological polar surface area (TPSA) is 116 Å². The van der Waals surface area contributed by atoms with Crippen LogP contribution in [0.4, 0.5) is 11.5 Å². The molecule has 1 aliphatic rings. The van der Waals surface area contributed by atoms with Crippen LogP contribution in [-0.4, -0.2) is 49.8 Å². The van der Waals surface area contributed by atoms with Gasteiger partial charge in [0, 0.05) is 37.6 Å². The van der Waals surface area contributed by atoms with Gasteiger partial charge >= 0.3 is 0 Å². The highest BCUT2D eigenvalue weighted by atomic mass is 16.3. The van der Waals surface area contributed by atoms with E-state index >= 15 is 0 Å². The number of hydrogen-bond acceptors (Lipinski definition) is 7. The molecule has 4 N–H and O–H groups in total. The van der Waals surface area contributed by atoms with Crippen LogP contribution in [0.1, 0.15) is 17.5 Å². The Morgan fingerprint density at radius 1 is 1.37 bits per heavy atom. The number of nitriles is 1. The molecule has 0 radical (unpaired) electrons. The summed E-state index contributed by atoms with van der Waals surface area (Å²) in [6.07, 6.45) is 3.66. The van der Waals surface area contributed by atoms with Crippen molar-refractivity contribution in [1.29, 1.82) is 5.26 Å². The van der Waals surface area contributed by atoms with Crippen LogP contribution in [-0.2, 0) is 6.54 Å². The fourth-order valence-electron chi connectivity index (χ4n) is 3.44. The number of nitrogens with one attached hydrogen (secondary N) is 1. The Hall–Kier alpha value is -2.99. The molecule has 0 saturated carbocycles. The third-order valence-corrected chi connectivity index (χ3v) is 4.90. The van der Waals surface area contributed by atoms with E-state index in [-0.39, 0.29) is 6.04 Å². The van der Waals surface area contributed by atoms with Gasteiger partial charge in [-0.3, -0.25) is 4.90 Å². The number of hydrogen-bond donors (Lipinski definition) is 3. The van der Waals surface area contributed by atoms with E-state index in [9.17, 15) is 5.11 Å². The summed E-state index contributed by atoms with van der Waals surface area (Å²) < 4.78 is 1.78. The average Bonchev–Trinajstić information content (AvgIpc) is 3.09. The van der Waals surface area contributed by atoms with E-state index in [2.05, 4.69) is 26.4 Å². The fourth-order valence-corrected chi connectivity index (χ4v) is 3.44. The Labute approximate surface area is 156 Å². The largest absolute Gasteiger partial charge is 0.390 e. The van der Waals surface area contributed by atoms with Gasteiger partial charge in [-0.25, -0.2) is 9.50 Å². The van der Waals surface area contributed by atoms with E-state index in [1.165, 1.54) is 6.33 Å². The molecule has 138 valence electrons. The molecule has 3 aromatic rings. The van der Waals surface area contributed by atoms with Crippen molar-refractivity contribution in [2.45, 2.75) is 25.1 Å². The summed E-state index contributed by atoms with van der Waals surface area (Å²) in [5.41, 5.74) is 9.23. The second-order valence-electron chi connectivity index (χ2n) is 6.82. The van der Waals surface area contributed by atoms with Gasteiger partial charge in [0.2, 0.25) is 0 Å². The maximum Gasteiger partial charge on any atom is 0.158 e. The lowest BCUT2D eigenvalue weighted by Gasteiger charge is -2.33. The minimum atomic E-state index is -0.504. The molecule has 0 amide bonds. The number of nitrogens with two attached hydrogens (primary N) is 1. The van der Waals surface area contributed by atoms with E-state index in [4.69, 9.17) is 11.0 Å². The molecule has 3 heterocycles. The minimum Gasteiger partial charge on any atom is -0.390 e. The Balaban J connectivity index is 1.62. The zero-order valence-electron chi connectivity index (χ0n) is 14.8. The first kappa shape index (κ1) is 17.4. The molecular formula is C19H21N7O. The lowest BCUT2D eigenvalue weighted by Crippen LogP contribution is -2.50. The lowest BCUT2D eigenvalue weighted by atomic mass is 10.0. The summed E-state index contributed by atoms with van der Waals surface area (Å²) in [5.74, 6) is 0.675. The third kappa shape index (κ3) is 3.61. The van der Waals surface area contributed by atoms with Gasteiger partial charge in [-0.2, -0.15) is 10.4 Å². The number of β-amino-alcohol motifs (C(OH)–C–C–N with tert-alkyl or cyclic N) is 1. The molecule has 1 saturated heterocycles. The zero-order valence-corrected chi connectivity index (χ0v) is 14.8. The summed E-state index contributed by atoms with van der Waals surface area (Å²) in [5, 5.41) is 26.7. The summed E-state index contributed by atoms with van der Waals surface area (Å²) in [4.78, 5) is 6.59. The molecule has 0 unspecified atom stereocenters. The smallest absolute Gasteiger partial charge is 0.158 e. The van der Waals surface area contributed by atoms with E-state index in [0.29, 0.717) is 24.5 Å². The number of nitrogens with zero attached hydrogens (tertiary/aromatic N) is 5. The molecule has 1 fully saturated rings. The van der Waals surface area contributed by atoms with Crippen molar-refractivity contribution in [3.8, 4) is 6.07 Å². The third-order valence-electron chi connectivity index (χ3n) is 4.90. The number of aliphatic hydroxyl groups is 1. The molecule has 1 aromatic carbocycles. The van der Waals surface area contributed by atoms with Crippen molar-refractivity contribution in [2.75, 3.05) is 18.4 Å². The molecule has 2 atom stereocenters. The predicted octanol–water partition coefficient (Wildman–Crippen LogP) is 1.24. The van der Waals surface area contributed by atoms with Crippen LogP contribution in [0.5, 0.6) is 0 Å². The van der Waals surface area contributed by atoms with Crippen LogP contribution in [0.15, 0.2) is 42.9 Å². The number of likely N-dealkylation sites (tertiary alicyclic amines) is 1. The van der Waals surface area contributed by atoms with E-state index in [1.54, 1.807) is 16.6 Å². The van der Waals surface area contributed by atoms with Crippen LogP contribution >= 0.6 is 0 Å². The highest BCUT2D eigenvalue weighted by Crippen LogP contribution is 2.25. The normalized spacial score (nSPS) is 20.5. The van der Waals surface area contributed by atoms with Crippen LogP contribution in [0, 0.1) is 11.3 Å². The van der Waals surface area contributed by atoms with E-state index in [0.717, 1.165) is 29.7 Å². The predicted molar refractivity (Wildman–Crippen MR) is 101 cm³/mol. The van der Waals surface area contributed by atoms with Gasteiger partial charge in [0.15, 0.2) is 5.82 Å². The monoisotopic (exact) mass is 363 g/mol. The van der Waals surface area contributed by atoms with E-state index in [1.807, 2.05) is 24.4 Å². The van der Waals surface area contributed by atoms with Crippen molar-refractivity contribution in [3.05, 3.63) is 54.0 Å². The molecule has 27 heavy (non-hydrogen) atoms. The van der Waals surface area contributed by atoms with Crippen LogP contribution < -0.4 is 11.1 Å². The van der Waals surface area contributed by atoms with Gasteiger partial charge in [-0.15, -0.1) is 0 Å². The average molecular weight is 363 g/mol. The molecule has 0 bridgehead atoms. The van der Waals surface area contributed by atoms with Gasteiger partial charge in [0.25, 0.3) is 0 Å². The van der Waals surface area contributed by atoms with Crippen molar-refractivity contribution in [2.24, 2.45) is 5.73 Å². The summed E-state index contributed by atoms with van der Waals surface area (Å²) in [6.45, 7) is 2.08. The van der Waals surface area contributed by atoms with Gasteiger partial charge in [0.1, 0.15) is 11.8 Å². The number of piperidine rings is 1.